The van der Waals surface area contributed by atoms with Gasteiger partial charge in [0.15, 0.2) is 5.96 Å². The first-order chi connectivity index (χ1) is 14.8. The molecule has 5 nitrogen and oxygen atoms in total. The molecule has 170 valence electrons. The zero-order chi connectivity index (χ0) is 21.0. The summed E-state index contributed by atoms with van der Waals surface area (Å²) < 4.78 is 11.9. The second kappa shape index (κ2) is 14.4. The van der Waals surface area contributed by atoms with Gasteiger partial charge in [-0.3, -0.25) is 4.99 Å². The van der Waals surface area contributed by atoms with Gasteiger partial charge in [0.2, 0.25) is 0 Å². The summed E-state index contributed by atoms with van der Waals surface area (Å²) in [5, 5.41) is 6.77. The van der Waals surface area contributed by atoms with E-state index in [2.05, 4.69) is 60.9 Å². The van der Waals surface area contributed by atoms with E-state index in [0.717, 1.165) is 51.6 Å². The highest BCUT2D eigenvalue weighted by Crippen LogP contribution is 2.34. The third kappa shape index (κ3) is 8.43. The fraction of sp³-hybridized carbons (Fsp3) is 0.480. The average Bonchev–Trinajstić information content (AvgIpc) is 3.27. The van der Waals surface area contributed by atoms with Crippen molar-refractivity contribution in [3.8, 4) is 0 Å². The molecule has 2 aromatic rings. The van der Waals surface area contributed by atoms with Crippen LogP contribution in [0.4, 0.5) is 0 Å². The van der Waals surface area contributed by atoms with Gasteiger partial charge in [0.25, 0.3) is 0 Å². The molecule has 0 bridgehead atoms. The topological polar surface area (TPSA) is 54.9 Å². The molecular formula is C25H36IN3O2. The molecular weight excluding hydrogens is 501 g/mol. The third-order valence-electron chi connectivity index (χ3n) is 5.42. The standard InChI is InChI=1S/C25H35N3O2.HI/c1-3-26-25(27-16-10-17-29-20(2)21-11-6-4-7-12-21)28-19-23-15-18-30-24(23)22-13-8-5-9-14-22;/h4-9,11-14,20,23-24H,3,10,15-19H2,1-2H3,(H2,26,27,28);1H. The molecule has 0 amide bonds. The third-order valence-corrected chi connectivity index (χ3v) is 5.42. The lowest BCUT2D eigenvalue weighted by atomic mass is 9.95. The molecule has 1 fully saturated rings. The molecule has 1 aliphatic rings. The first kappa shape index (κ1) is 25.6. The summed E-state index contributed by atoms with van der Waals surface area (Å²) in [5.74, 6) is 1.28. The number of aliphatic imine (C=N–C) groups is 1. The number of hydrogen-bond donors (Lipinski definition) is 2. The fourth-order valence-electron chi connectivity index (χ4n) is 3.74. The van der Waals surface area contributed by atoms with Gasteiger partial charge in [0.1, 0.15) is 0 Å². The van der Waals surface area contributed by atoms with Crippen LogP contribution in [0, 0.1) is 5.92 Å². The maximum Gasteiger partial charge on any atom is 0.191 e. The Bertz CT molecular complexity index is 758. The van der Waals surface area contributed by atoms with Gasteiger partial charge in [-0.05, 0) is 37.8 Å². The Hall–Kier alpha value is -1.64. The smallest absolute Gasteiger partial charge is 0.191 e. The summed E-state index contributed by atoms with van der Waals surface area (Å²) in [4.78, 5) is 4.83. The number of nitrogens with zero attached hydrogens (tertiary/aromatic N) is 1. The fourth-order valence-corrected chi connectivity index (χ4v) is 3.74. The van der Waals surface area contributed by atoms with Crippen molar-refractivity contribution in [1.82, 2.24) is 10.6 Å². The minimum atomic E-state index is 0. The highest BCUT2D eigenvalue weighted by molar-refractivity contribution is 14.0. The summed E-state index contributed by atoms with van der Waals surface area (Å²) in [5.41, 5.74) is 2.46. The Balaban J connectivity index is 0.00000341. The van der Waals surface area contributed by atoms with Gasteiger partial charge < -0.3 is 20.1 Å². The summed E-state index contributed by atoms with van der Waals surface area (Å²) >= 11 is 0. The highest BCUT2D eigenvalue weighted by Gasteiger charge is 2.29. The van der Waals surface area contributed by atoms with Crippen molar-refractivity contribution in [1.29, 1.82) is 0 Å². The molecule has 6 heteroatoms. The number of halogens is 1. The number of nitrogens with one attached hydrogen (secondary N) is 2. The van der Waals surface area contributed by atoms with E-state index >= 15 is 0 Å². The van der Waals surface area contributed by atoms with E-state index in [1.165, 1.54) is 11.1 Å². The summed E-state index contributed by atoms with van der Waals surface area (Å²) in [6.45, 7) is 8.15. The predicted octanol–water partition coefficient (Wildman–Crippen LogP) is 5.11. The quantitative estimate of drug-likeness (QED) is 0.192. The van der Waals surface area contributed by atoms with Crippen LogP contribution in [0.5, 0.6) is 0 Å². The van der Waals surface area contributed by atoms with Crippen molar-refractivity contribution < 1.29 is 9.47 Å². The lowest BCUT2D eigenvalue weighted by Crippen LogP contribution is -2.38. The molecule has 31 heavy (non-hydrogen) atoms. The Kier molecular flexibility index (Phi) is 11.9. The molecule has 0 aromatic heterocycles. The van der Waals surface area contributed by atoms with E-state index in [0.29, 0.717) is 5.92 Å². The molecule has 3 unspecified atom stereocenters. The van der Waals surface area contributed by atoms with Gasteiger partial charge in [0.05, 0.1) is 12.2 Å². The van der Waals surface area contributed by atoms with E-state index in [1.807, 2.05) is 24.3 Å². The molecule has 1 heterocycles. The van der Waals surface area contributed by atoms with Crippen LogP contribution in [0.3, 0.4) is 0 Å². The van der Waals surface area contributed by atoms with E-state index < -0.39 is 0 Å². The highest BCUT2D eigenvalue weighted by atomic mass is 127. The van der Waals surface area contributed by atoms with Crippen molar-refractivity contribution in [2.45, 2.75) is 38.9 Å². The number of rotatable bonds is 10. The minimum Gasteiger partial charge on any atom is -0.374 e. The van der Waals surface area contributed by atoms with Gasteiger partial charge >= 0.3 is 0 Å². The van der Waals surface area contributed by atoms with Gasteiger partial charge in [-0.25, -0.2) is 0 Å². The van der Waals surface area contributed by atoms with Crippen LogP contribution >= 0.6 is 24.0 Å². The Morgan fingerprint density at radius 2 is 1.81 bits per heavy atom. The zero-order valence-electron chi connectivity index (χ0n) is 18.6. The predicted molar refractivity (Wildman–Crippen MR) is 138 cm³/mol. The molecule has 1 saturated heterocycles. The maximum absolute atomic E-state index is 5.99. The second-order valence-corrected chi connectivity index (χ2v) is 7.67. The summed E-state index contributed by atoms with van der Waals surface area (Å²) in [6.07, 6.45) is 2.24. The van der Waals surface area contributed by atoms with Gasteiger partial charge in [-0.15, -0.1) is 24.0 Å². The van der Waals surface area contributed by atoms with E-state index in [-0.39, 0.29) is 36.2 Å². The molecule has 3 atom stereocenters. The van der Waals surface area contributed by atoms with Crippen LogP contribution in [0.2, 0.25) is 0 Å². The van der Waals surface area contributed by atoms with Crippen molar-refractivity contribution >= 4 is 29.9 Å². The SMILES string of the molecule is CCNC(=NCC1CCOC1c1ccccc1)NCCCOC(C)c1ccccc1.I. The molecule has 0 saturated carbocycles. The second-order valence-electron chi connectivity index (χ2n) is 7.67. The van der Waals surface area contributed by atoms with Crippen LogP contribution in [0.1, 0.15) is 50.0 Å². The molecule has 2 aromatic carbocycles. The first-order valence-corrected chi connectivity index (χ1v) is 11.1. The lowest BCUT2D eigenvalue weighted by molar-refractivity contribution is 0.0646. The van der Waals surface area contributed by atoms with Crippen LogP contribution in [-0.2, 0) is 9.47 Å². The lowest BCUT2D eigenvalue weighted by Gasteiger charge is -2.18. The van der Waals surface area contributed by atoms with Gasteiger partial charge in [-0.2, -0.15) is 0 Å². The van der Waals surface area contributed by atoms with E-state index in [1.54, 1.807) is 0 Å². The van der Waals surface area contributed by atoms with Crippen molar-refractivity contribution in [2.75, 3.05) is 32.8 Å². The number of hydrogen-bond acceptors (Lipinski definition) is 3. The maximum atomic E-state index is 5.99. The Morgan fingerprint density at radius 1 is 1.10 bits per heavy atom. The van der Waals surface area contributed by atoms with Gasteiger partial charge in [-0.1, -0.05) is 60.7 Å². The molecule has 0 spiro atoms. The normalized spacial score (nSPS) is 19.5. The molecule has 2 N–H and O–H groups in total. The number of ether oxygens (including phenoxy) is 2. The van der Waals surface area contributed by atoms with E-state index in [4.69, 9.17) is 14.5 Å². The summed E-state index contributed by atoms with van der Waals surface area (Å²) in [7, 11) is 0. The molecule has 1 aliphatic heterocycles. The molecule has 3 rings (SSSR count). The van der Waals surface area contributed by atoms with Crippen molar-refractivity contribution in [3.63, 3.8) is 0 Å². The minimum absolute atomic E-state index is 0. The van der Waals surface area contributed by atoms with Crippen LogP contribution in [0.15, 0.2) is 65.7 Å². The largest absolute Gasteiger partial charge is 0.374 e. The van der Waals surface area contributed by atoms with Crippen LogP contribution in [0.25, 0.3) is 0 Å². The molecule has 0 radical (unpaired) electrons. The zero-order valence-corrected chi connectivity index (χ0v) is 21.0. The average molecular weight is 537 g/mol. The van der Waals surface area contributed by atoms with Crippen molar-refractivity contribution in [2.24, 2.45) is 10.9 Å². The summed E-state index contributed by atoms with van der Waals surface area (Å²) in [6, 6.07) is 20.8. The Morgan fingerprint density at radius 3 is 2.52 bits per heavy atom. The Labute approximate surface area is 204 Å². The monoisotopic (exact) mass is 537 g/mol. The van der Waals surface area contributed by atoms with Gasteiger partial charge in [0, 0.05) is 38.8 Å². The van der Waals surface area contributed by atoms with E-state index in [9.17, 15) is 0 Å². The number of guanidine groups is 1. The van der Waals surface area contributed by atoms with Crippen LogP contribution in [-0.4, -0.2) is 38.8 Å². The van der Waals surface area contributed by atoms with Crippen LogP contribution < -0.4 is 10.6 Å². The first-order valence-electron chi connectivity index (χ1n) is 11.1. The van der Waals surface area contributed by atoms with Crippen molar-refractivity contribution in [3.05, 3.63) is 71.8 Å². The molecule has 0 aliphatic carbocycles. The number of benzene rings is 2.